The van der Waals surface area contributed by atoms with E-state index in [2.05, 4.69) is 15.0 Å². The second-order valence-electron chi connectivity index (χ2n) is 6.61. The number of halogens is 3. The molecule has 1 fully saturated rings. The Morgan fingerprint density at radius 1 is 1.11 bits per heavy atom. The molecule has 0 unspecified atom stereocenters. The van der Waals surface area contributed by atoms with E-state index in [0.717, 1.165) is 18.7 Å². The molecule has 0 spiro atoms. The van der Waals surface area contributed by atoms with Crippen molar-refractivity contribution in [1.82, 2.24) is 0 Å². The maximum atomic E-state index is 12.2. The van der Waals surface area contributed by atoms with Crippen molar-refractivity contribution in [3.63, 3.8) is 0 Å². The molecule has 0 saturated carbocycles. The monoisotopic (exact) mass is 378 g/mol. The largest absolute Gasteiger partial charge is 0.573 e. The van der Waals surface area contributed by atoms with Crippen LogP contribution in [0.25, 0.3) is 0 Å². The van der Waals surface area contributed by atoms with Gasteiger partial charge in [-0.1, -0.05) is 12.1 Å². The molecular weight excluding hydrogens is 357 g/mol. The van der Waals surface area contributed by atoms with Gasteiger partial charge >= 0.3 is 6.36 Å². The number of hydrogen-bond acceptors (Lipinski definition) is 3. The molecule has 1 saturated heterocycles. The third-order valence-corrected chi connectivity index (χ3v) is 4.45. The number of carbonyl (C=O) groups excluding carboxylic acids is 1. The van der Waals surface area contributed by atoms with Crippen LogP contribution in [0.15, 0.2) is 42.5 Å². The minimum absolute atomic E-state index is 0.0687. The summed E-state index contributed by atoms with van der Waals surface area (Å²) in [5, 5.41) is 2.83. The molecule has 0 bridgehead atoms. The summed E-state index contributed by atoms with van der Waals surface area (Å²) >= 11 is 0. The predicted octanol–water partition coefficient (Wildman–Crippen LogP) is 4.68. The first-order chi connectivity index (χ1) is 12.8. The van der Waals surface area contributed by atoms with Crippen molar-refractivity contribution in [3.05, 3.63) is 53.6 Å². The summed E-state index contributed by atoms with van der Waals surface area (Å²) in [7, 11) is 0. The Balaban J connectivity index is 1.58. The number of anilines is 2. The van der Waals surface area contributed by atoms with Gasteiger partial charge < -0.3 is 15.0 Å². The maximum Gasteiger partial charge on any atom is 0.573 e. The van der Waals surface area contributed by atoms with Gasteiger partial charge in [0.1, 0.15) is 5.75 Å². The van der Waals surface area contributed by atoms with Crippen molar-refractivity contribution in [1.29, 1.82) is 0 Å². The second-order valence-corrected chi connectivity index (χ2v) is 6.61. The van der Waals surface area contributed by atoms with Gasteiger partial charge in [0, 0.05) is 24.5 Å². The molecule has 4 nitrogen and oxygen atoms in total. The lowest BCUT2D eigenvalue weighted by Gasteiger charge is -2.20. The average molecular weight is 378 g/mol. The first kappa shape index (κ1) is 19.1. The molecule has 1 N–H and O–H groups in total. The highest BCUT2D eigenvalue weighted by atomic mass is 19.4. The topological polar surface area (TPSA) is 41.6 Å². The van der Waals surface area contributed by atoms with Crippen molar-refractivity contribution in [3.8, 4) is 5.75 Å². The molecule has 1 aliphatic heterocycles. The highest BCUT2D eigenvalue weighted by Crippen LogP contribution is 2.27. The standard InChI is InChI=1S/C20H21F3N2O2/c1-14-12-16(6-9-18(14)25-10-2-3-11-25)24-19(26)13-15-4-7-17(8-5-15)27-20(21,22)23/h4-9,12H,2-3,10-11,13H2,1H3,(H,24,26). The fourth-order valence-corrected chi connectivity index (χ4v) is 3.25. The smallest absolute Gasteiger partial charge is 0.406 e. The predicted molar refractivity (Wildman–Crippen MR) is 98.1 cm³/mol. The van der Waals surface area contributed by atoms with Crippen LogP contribution in [0, 0.1) is 6.92 Å². The molecule has 0 aromatic heterocycles. The van der Waals surface area contributed by atoms with E-state index in [1.54, 1.807) is 0 Å². The zero-order valence-electron chi connectivity index (χ0n) is 15.0. The highest BCUT2D eigenvalue weighted by molar-refractivity contribution is 5.92. The molecule has 27 heavy (non-hydrogen) atoms. The molecular formula is C20H21F3N2O2. The van der Waals surface area contributed by atoms with Gasteiger partial charge in [-0.15, -0.1) is 13.2 Å². The number of rotatable bonds is 5. The van der Waals surface area contributed by atoms with E-state index in [-0.39, 0.29) is 18.1 Å². The highest BCUT2D eigenvalue weighted by Gasteiger charge is 2.30. The van der Waals surface area contributed by atoms with Gasteiger partial charge in [-0.2, -0.15) is 0 Å². The van der Waals surface area contributed by atoms with Gasteiger partial charge in [0.05, 0.1) is 6.42 Å². The number of amides is 1. The summed E-state index contributed by atoms with van der Waals surface area (Å²) < 4.78 is 40.3. The van der Waals surface area contributed by atoms with E-state index in [1.807, 2.05) is 25.1 Å². The molecule has 7 heteroatoms. The van der Waals surface area contributed by atoms with E-state index in [1.165, 1.54) is 42.8 Å². The number of aryl methyl sites for hydroxylation is 1. The van der Waals surface area contributed by atoms with Crippen molar-refractivity contribution in [2.45, 2.75) is 32.5 Å². The van der Waals surface area contributed by atoms with Gasteiger partial charge in [0.15, 0.2) is 0 Å². The van der Waals surface area contributed by atoms with Crippen LogP contribution in [0.3, 0.4) is 0 Å². The van der Waals surface area contributed by atoms with Gasteiger partial charge in [-0.25, -0.2) is 0 Å². The summed E-state index contributed by atoms with van der Waals surface area (Å²) in [5.41, 5.74) is 3.60. The van der Waals surface area contributed by atoms with E-state index in [9.17, 15) is 18.0 Å². The zero-order valence-corrected chi connectivity index (χ0v) is 15.0. The summed E-state index contributed by atoms with van der Waals surface area (Å²) in [4.78, 5) is 14.6. The van der Waals surface area contributed by atoms with Gasteiger partial charge in [0.25, 0.3) is 0 Å². The minimum Gasteiger partial charge on any atom is -0.406 e. The number of alkyl halides is 3. The van der Waals surface area contributed by atoms with Gasteiger partial charge in [-0.05, 0) is 61.2 Å². The van der Waals surface area contributed by atoms with Crippen LogP contribution in [-0.2, 0) is 11.2 Å². The SMILES string of the molecule is Cc1cc(NC(=O)Cc2ccc(OC(F)(F)F)cc2)ccc1N1CCCC1. The Bertz CT molecular complexity index is 798. The lowest BCUT2D eigenvalue weighted by molar-refractivity contribution is -0.274. The van der Waals surface area contributed by atoms with E-state index < -0.39 is 6.36 Å². The second kappa shape index (κ2) is 7.90. The first-order valence-corrected chi connectivity index (χ1v) is 8.80. The molecule has 0 aliphatic carbocycles. The molecule has 0 atom stereocenters. The number of carbonyl (C=O) groups is 1. The number of nitrogens with zero attached hydrogens (tertiary/aromatic N) is 1. The lowest BCUT2D eigenvalue weighted by atomic mass is 10.1. The average Bonchev–Trinajstić information content (AvgIpc) is 3.09. The van der Waals surface area contributed by atoms with Crippen LogP contribution < -0.4 is 15.0 Å². The molecule has 1 amide bonds. The van der Waals surface area contributed by atoms with Crippen LogP contribution >= 0.6 is 0 Å². The summed E-state index contributed by atoms with van der Waals surface area (Å²) in [6.45, 7) is 4.13. The van der Waals surface area contributed by atoms with Crippen molar-refractivity contribution >= 4 is 17.3 Å². The molecule has 144 valence electrons. The molecule has 2 aromatic rings. The minimum atomic E-state index is -4.72. The molecule has 2 aromatic carbocycles. The number of nitrogens with one attached hydrogen (secondary N) is 1. The van der Waals surface area contributed by atoms with Gasteiger partial charge in [-0.3, -0.25) is 4.79 Å². The Labute approximate surface area is 155 Å². The van der Waals surface area contributed by atoms with E-state index >= 15 is 0 Å². The Morgan fingerprint density at radius 3 is 2.37 bits per heavy atom. The van der Waals surface area contributed by atoms with Crippen LogP contribution in [0.4, 0.5) is 24.5 Å². The Hall–Kier alpha value is -2.70. The molecule has 1 aliphatic rings. The maximum absolute atomic E-state index is 12.2. The normalized spacial score (nSPS) is 14.3. The van der Waals surface area contributed by atoms with Crippen molar-refractivity contribution in [2.24, 2.45) is 0 Å². The fourth-order valence-electron chi connectivity index (χ4n) is 3.25. The van der Waals surface area contributed by atoms with Gasteiger partial charge in [0.2, 0.25) is 5.91 Å². The van der Waals surface area contributed by atoms with Crippen molar-refractivity contribution in [2.75, 3.05) is 23.3 Å². The van der Waals surface area contributed by atoms with Crippen LogP contribution in [-0.4, -0.2) is 25.4 Å². The summed E-state index contributed by atoms with van der Waals surface area (Å²) in [6.07, 6.45) is -2.26. The Morgan fingerprint density at radius 2 is 1.78 bits per heavy atom. The van der Waals surface area contributed by atoms with E-state index in [4.69, 9.17) is 0 Å². The van der Waals surface area contributed by atoms with Crippen LogP contribution in [0.2, 0.25) is 0 Å². The molecule has 0 radical (unpaired) electrons. The number of ether oxygens (including phenoxy) is 1. The third kappa shape index (κ3) is 5.39. The Kier molecular flexibility index (Phi) is 5.58. The fraction of sp³-hybridized carbons (Fsp3) is 0.350. The third-order valence-electron chi connectivity index (χ3n) is 4.45. The molecule has 3 rings (SSSR count). The van der Waals surface area contributed by atoms with E-state index in [0.29, 0.717) is 11.3 Å². The number of benzene rings is 2. The van der Waals surface area contributed by atoms with Crippen LogP contribution in [0.5, 0.6) is 5.75 Å². The molecule has 1 heterocycles. The van der Waals surface area contributed by atoms with Crippen LogP contribution in [0.1, 0.15) is 24.0 Å². The van der Waals surface area contributed by atoms with Crippen molar-refractivity contribution < 1.29 is 22.7 Å². The summed E-state index contributed by atoms with van der Waals surface area (Å²) in [5.74, 6) is -0.535. The quantitative estimate of drug-likeness (QED) is 0.822. The summed E-state index contributed by atoms with van der Waals surface area (Å²) in [6, 6.07) is 11.1. The lowest BCUT2D eigenvalue weighted by Crippen LogP contribution is -2.19. The first-order valence-electron chi connectivity index (χ1n) is 8.80. The zero-order chi connectivity index (χ0) is 19.4. The number of hydrogen-bond donors (Lipinski definition) is 1.